The van der Waals surface area contributed by atoms with Gasteiger partial charge in [-0.25, -0.2) is 21.9 Å². The molecule has 1 N–H and O–H groups in total. The zero-order valence-corrected chi connectivity index (χ0v) is 15.1. The Morgan fingerprint density at radius 1 is 1.20 bits per heavy atom. The van der Waals surface area contributed by atoms with Gasteiger partial charge in [-0.05, 0) is 45.9 Å². The van der Waals surface area contributed by atoms with Gasteiger partial charge in [0.25, 0.3) is 0 Å². The Bertz CT molecular complexity index is 852. The minimum atomic E-state index is -4.06. The normalized spacial score (nSPS) is 13.2. The number of sulfonamides is 1. The van der Waals surface area contributed by atoms with Crippen LogP contribution in [0.2, 0.25) is 0 Å². The van der Waals surface area contributed by atoms with Crippen molar-refractivity contribution in [2.24, 2.45) is 0 Å². The van der Waals surface area contributed by atoms with Crippen molar-refractivity contribution in [3.05, 3.63) is 35.7 Å². The molecule has 138 valence electrons. The second-order valence-electron chi connectivity index (χ2n) is 5.67. The molecule has 0 saturated carbocycles. The quantitative estimate of drug-likeness (QED) is 0.804. The van der Waals surface area contributed by atoms with Crippen molar-refractivity contribution < 1.29 is 21.9 Å². The Balaban J connectivity index is 2.27. The van der Waals surface area contributed by atoms with Crippen LogP contribution in [0.3, 0.4) is 0 Å². The van der Waals surface area contributed by atoms with Crippen LogP contribution in [0, 0.1) is 11.6 Å². The third-order valence-corrected chi connectivity index (χ3v) is 4.86. The summed E-state index contributed by atoms with van der Waals surface area (Å²) in [5, 5.41) is 7.90. The summed E-state index contributed by atoms with van der Waals surface area (Å²) in [4.78, 5) is -0.375. The predicted molar refractivity (Wildman–Crippen MR) is 86.6 cm³/mol. The van der Waals surface area contributed by atoms with E-state index in [0.717, 1.165) is 12.1 Å². The van der Waals surface area contributed by atoms with Crippen LogP contribution in [-0.4, -0.2) is 29.3 Å². The van der Waals surface area contributed by atoms with Crippen molar-refractivity contribution in [2.45, 2.75) is 51.3 Å². The first kappa shape index (κ1) is 19.3. The number of halogens is 2. The number of nitrogens with one attached hydrogen (secondary N) is 1. The highest BCUT2D eigenvalue weighted by molar-refractivity contribution is 7.89. The van der Waals surface area contributed by atoms with E-state index in [2.05, 4.69) is 14.9 Å². The molecule has 0 bridgehead atoms. The first-order chi connectivity index (χ1) is 11.7. The highest BCUT2D eigenvalue weighted by atomic mass is 32.2. The molecule has 0 spiro atoms. The number of benzene rings is 1. The van der Waals surface area contributed by atoms with E-state index in [1.54, 1.807) is 11.5 Å². The average Bonchev–Trinajstić information content (AvgIpc) is 2.91. The lowest BCUT2D eigenvalue weighted by atomic mass is 10.3. The van der Waals surface area contributed by atoms with Gasteiger partial charge >= 0.3 is 6.01 Å². The smallest absolute Gasteiger partial charge is 0.317 e. The largest absolute Gasteiger partial charge is 0.461 e. The summed E-state index contributed by atoms with van der Waals surface area (Å²) in [6.07, 6.45) is -0.114. The van der Waals surface area contributed by atoms with Crippen molar-refractivity contribution in [3.8, 4) is 6.01 Å². The first-order valence-electron chi connectivity index (χ1n) is 7.72. The topological polar surface area (TPSA) is 86.1 Å². The Labute approximate surface area is 145 Å². The summed E-state index contributed by atoms with van der Waals surface area (Å²) >= 11 is 0. The van der Waals surface area contributed by atoms with Crippen LogP contribution in [0.25, 0.3) is 0 Å². The predicted octanol–water partition coefficient (Wildman–Crippen LogP) is 2.40. The van der Waals surface area contributed by atoms with Crippen LogP contribution >= 0.6 is 0 Å². The molecule has 0 unspecified atom stereocenters. The van der Waals surface area contributed by atoms with E-state index in [0.29, 0.717) is 18.4 Å². The van der Waals surface area contributed by atoms with Crippen LogP contribution in [-0.2, 0) is 16.6 Å². The molecule has 1 heterocycles. The van der Waals surface area contributed by atoms with Crippen LogP contribution in [0.1, 0.15) is 39.6 Å². The van der Waals surface area contributed by atoms with E-state index in [9.17, 15) is 17.2 Å². The maximum absolute atomic E-state index is 13.3. The lowest BCUT2D eigenvalue weighted by Gasteiger charge is -2.16. The summed E-state index contributed by atoms with van der Waals surface area (Å²) in [5.74, 6) is -2.00. The molecule has 10 heteroatoms. The van der Waals surface area contributed by atoms with Gasteiger partial charge in [0.2, 0.25) is 10.0 Å². The molecule has 0 fully saturated rings. The molecule has 1 atom stereocenters. The van der Waals surface area contributed by atoms with Crippen LogP contribution < -0.4 is 9.46 Å². The Hall–Kier alpha value is -2.07. The van der Waals surface area contributed by atoms with E-state index < -0.39 is 27.7 Å². The van der Waals surface area contributed by atoms with E-state index in [1.165, 1.54) is 0 Å². The van der Waals surface area contributed by atoms with Crippen LogP contribution in [0.15, 0.2) is 23.1 Å². The summed E-state index contributed by atoms with van der Waals surface area (Å²) in [6, 6.07) is 1.91. The minimum Gasteiger partial charge on any atom is -0.461 e. The van der Waals surface area contributed by atoms with Gasteiger partial charge in [-0.3, -0.25) is 4.57 Å². The molecule has 25 heavy (non-hydrogen) atoms. The minimum absolute atomic E-state index is 0.114. The van der Waals surface area contributed by atoms with E-state index in [-0.39, 0.29) is 17.0 Å². The molecule has 1 aromatic carbocycles. The van der Waals surface area contributed by atoms with Crippen molar-refractivity contribution in [2.75, 3.05) is 0 Å². The second kappa shape index (κ2) is 7.44. The first-order valence-corrected chi connectivity index (χ1v) is 9.21. The van der Waals surface area contributed by atoms with Crippen molar-refractivity contribution in [1.29, 1.82) is 0 Å². The van der Waals surface area contributed by atoms with E-state index in [4.69, 9.17) is 4.74 Å². The molecule has 0 radical (unpaired) electrons. The molecule has 0 aliphatic carbocycles. The maximum Gasteiger partial charge on any atom is 0.317 e. The van der Waals surface area contributed by atoms with Crippen LogP contribution in [0.4, 0.5) is 8.78 Å². The number of hydrogen-bond acceptors (Lipinski definition) is 5. The Morgan fingerprint density at radius 2 is 1.88 bits per heavy atom. The summed E-state index contributed by atoms with van der Waals surface area (Å²) < 4.78 is 60.6. The fraction of sp³-hybridized carbons (Fsp3) is 0.467. The van der Waals surface area contributed by atoms with Gasteiger partial charge in [0, 0.05) is 6.54 Å². The highest BCUT2D eigenvalue weighted by Gasteiger charge is 2.24. The molecule has 0 aliphatic heterocycles. The van der Waals surface area contributed by atoms with Crippen molar-refractivity contribution in [1.82, 2.24) is 19.5 Å². The van der Waals surface area contributed by atoms with Gasteiger partial charge < -0.3 is 4.74 Å². The third-order valence-electron chi connectivity index (χ3n) is 3.32. The van der Waals surface area contributed by atoms with E-state index >= 15 is 0 Å². The fourth-order valence-corrected chi connectivity index (χ4v) is 3.43. The van der Waals surface area contributed by atoms with Crippen LogP contribution in [0.5, 0.6) is 6.01 Å². The van der Waals surface area contributed by atoms with Gasteiger partial charge in [0.1, 0.15) is 0 Å². The number of hydrogen-bond donors (Lipinski definition) is 1. The van der Waals surface area contributed by atoms with Gasteiger partial charge in [-0.1, -0.05) is 5.10 Å². The average molecular weight is 374 g/mol. The molecular weight excluding hydrogens is 354 g/mol. The number of ether oxygens (including phenoxy) is 1. The fourth-order valence-electron chi connectivity index (χ4n) is 2.21. The summed E-state index contributed by atoms with van der Waals surface area (Å²) in [6.45, 7) is 7.57. The highest BCUT2D eigenvalue weighted by Crippen LogP contribution is 2.21. The molecular formula is C15H20F2N4O3S. The second-order valence-corrected chi connectivity index (χ2v) is 7.38. The number of nitrogens with zero attached hydrogens (tertiary/aromatic N) is 3. The molecule has 0 amide bonds. The van der Waals surface area contributed by atoms with E-state index in [1.807, 2.05) is 20.8 Å². The van der Waals surface area contributed by atoms with Gasteiger partial charge in [0.05, 0.1) is 17.0 Å². The maximum atomic E-state index is 13.3. The summed E-state index contributed by atoms with van der Waals surface area (Å²) in [7, 11) is -4.06. The lowest BCUT2D eigenvalue weighted by molar-refractivity contribution is 0.211. The lowest BCUT2D eigenvalue weighted by Crippen LogP contribution is -2.29. The Morgan fingerprint density at radius 3 is 2.44 bits per heavy atom. The SMILES string of the molecule is CCn1c(OC(C)C)nnc1[C@@H](C)NS(=O)(=O)c1ccc(F)c(F)c1. The van der Waals surface area contributed by atoms with Gasteiger partial charge in [0.15, 0.2) is 17.5 Å². The zero-order chi connectivity index (χ0) is 18.8. The monoisotopic (exact) mass is 374 g/mol. The van der Waals surface area contributed by atoms with Crippen molar-refractivity contribution >= 4 is 10.0 Å². The molecule has 7 nitrogen and oxygen atoms in total. The number of aromatic nitrogens is 3. The molecule has 0 saturated heterocycles. The van der Waals surface area contributed by atoms with Crippen molar-refractivity contribution in [3.63, 3.8) is 0 Å². The molecule has 2 aromatic rings. The number of rotatable bonds is 7. The molecule has 2 rings (SSSR count). The zero-order valence-electron chi connectivity index (χ0n) is 14.3. The van der Waals surface area contributed by atoms with Gasteiger partial charge in [-0.15, -0.1) is 5.10 Å². The summed E-state index contributed by atoms with van der Waals surface area (Å²) in [5.41, 5.74) is 0. The standard InChI is InChI=1S/C15H20F2N4O3S/c1-5-21-14(18-19-15(21)24-9(2)3)10(4)20-25(22,23)11-6-7-12(16)13(17)8-11/h6-10,20H,5H2,1-4H3/t10-/m1/s1. The third kappa shape index (κ3) is 4.31. The Kier molecular flexibility index (Phi) is 5.73. The molecule has 1 aromatic heterocycles. The van der Waals surface area contributed by atoms with Gasteiger partial charge in [-0.2, -0.15) is 0 Å². The molecule has 0 aliphatic rings.